The summed E-state index contributed by atoms with van der Waals surface area (Å²) in [6.07, 6.45) is 15.1. The molecule has 0 aromatic rings. The molecule has 7 heteroatoms. The third-order valence-electron chi connectivity index (χ3n) is 4.39. The van der Waals surface area contributed by atoms with E-state index >= 15 is 0 Å². The molecule has 0 aliphatic carbocycles. The summed E-state index contributed by atoms with van der Waals surface area (Å²) in [6, 6.07) is -0.944. The van der Waals surface area contributed by atoms with E-state index < -0.39 is 22.0 Å². The summed E-state index contributed by atoms with van der Waals surface area (Å²) in [4.78, 5) is 11.5. The molecule has 0 heterocycles. The summed E-state index contributed by atoms with van der Waals surface area (Å²) < 4.78 is 25.2. The number of aliphatic carboxylic acids is 1. The van der Waals surface area contributed by atoms with Gasteiger partial charge in [-0.15, -0.1) is 0 Å². The zero-order valence-electron chi connectivity index (χ0n) is 16.2. The van der Waals surface area contributed by atoms with Crippen LogP contribution in [0.5, 0.6) is 0 Å². The van der Waals surface area contributed by atoms with Crippen LogP contribution in [-0.4, -0.2) is 54.6 Å². The van der Waals surface area contributed by atoms with E-state index in [1.165, 1.54) is 61.0 Å². The fourth-order valence-electron chi connectivity index (χ4n) is 2.93. The van der Waals surface area contributed by atoms with Crippen molar-refractivity contribution in [1.82, 2.24) is 4.31 Å². The maximum Gasteiger partial charge on any atom is 0.322 e. The van der Waals surface area contributed by atoms with Crippen LogP contribution in [0.15, 0.2) is 0 Å². The maximum atomic E-state index is 12.0. The highest BCUT2D eigenvalue weighted by molar-refractivity contribution is 7.98. The van der Waals surface area contributed by atoms with Crippen LogP contribution in [-0.2, 0) is 14.8 Å². The van der Waals surface area contributed by atoms with Crippen molar-refractivity contribution >= 4 is 27.8 Å². The normalized spacial score (nSPS) is 13.3. The Morgan fingerprint density at radius 2 is 1.48 bits per heavy atom. The zero-order valence-corrected chi connectivity index (χ0v) is 17.8. The smallest absolute Gasteiger partial charge is 0.322 e. The fourth-order valence-corrected chi connectivity index (χ4v) is 4.51. The van der Waals surface area contributed by atoms with Crippen molar-refractivity contribution in [2.45, 2.75) is 83.6 Å². The first-order valence-electron chi connectivity index (χ1n) is 9.53. The third kappa shape index (κ3) is 12.7. The Morgan fingerprint density at radius 3 is 1.88 bits per heavy atom. The lowest BCUT2D eigenvalue weighted by atomic mass is 10.1. The second-order valence-electron chi connectivity index (χ2n) is 6.69. The number of carboxylic acid groups (broad SMARTS) is 1. The molecule has 0 unspecified atom stereocenters. The van der Waals surface area contributed by atoms with Gasteiger partial charge in [0.2, 0.25) is 10.0 Å². The van der Waals surface area contributed by atoms with Crippen LogP contribution in [0.3, 0.4) is 0 Å². The Labute approximate surface area is 159 Å². The van der Waals surface area contributed by atoms with E-state index in [-0.39, 0.29) is 0 Å². The molecule has 0 aliphatic heterocycles. The fraction of sp³-hybridized carbons (Fsp3) is 0.944. The summed E-state index contributed by atoms with van der Waals surface area (Å²) in [7, 11) is -3.51. The highest BCUT2D eigenvalue weighted by Gasteiger charge is 2.31. The number of sulfonamides is 1. The minimum Gasteiger partial charge on any atom is -0.480 e. The minimum absolute atomic E-state index is 0.306. The summed E-state index contributed by atoms with van der Waals surface area (Å²) in [5.41, 5.74) is 0. The summed E-state index contributed by atoms with van der Waals surface area (Å²) in [5.74, 6) is -0.410. The number of rotatable bonds is 17. The van der Waals surface area contributed by atoms with Crippen molar-refractivity contribution in [3.63, 3.8) is 0 Å². The monoisotopic (exact) mass is 395 g/mol. The molecule has 0 radical (unpaired) electrons. The molecule has 0 rings (SSSR count). The van der Waals surface area contributed by atoms with E-state index in [0.717, 1.165) is 25.5 Å². The lowest BCUT2D eigenvalue weighted by Gasteiger charge is -2.26. The molecule has 1 atom stereocenters. The van der Waals surface area contributed by atoms with Gasteiger partial charge in [0.05, 0.1) is 6.26 Å². The molecule has 1 N–H and O–H groups in total. The highest BCUT2D eigenvalue weighted by atomic mass is 32.2. The summed E-state index contributed by atoms with van der Waals surface area (Å²) in [5, 5.41) is 9.38. The van der Waals surface area contributed by atoms with Gasteiger partial charge in [-0.3, -0.25) is 4.79 Å². The number of hydrogen-bond donors (Lipinski definition) is 1. The molecule has 150 valence electrons. The third-order valence-corrected chi connectivity index (χ3v) is 6.32. The van der Waals surface area contributed by atoms with Crippen molar-refractivity contribution in [3.05, 3.63) is 0 Å². The van der Waals surface area contributed by atoms with E-state index in [2.05, 4.69) is 6.92 Å². The lowest BCUT2D eigenvalue weighted by molar-refractivity contribution is -0.141. The quantitative estimate of drug-likeness (QED) is 0.370. The van der Waals surface area contributed by atoms with Crippen molar-refractivity contribution in [3.8, 4) is 0 Å². The maximum absolute atomic E-state index is 12.0. The van der Waals surface area contributed by atoms with Crippen LogP contribution in [0.4, 0.5) is 0 Å². The molecule has 0 amide bonds. The van der Waals surface area contributed by atoms with Gasteiger partial charge >= 0.3 is 5.97 Å². The number of thioether (sulfide) groups is 1. The van der Waals surface area contributed by atoms with Crippen molar-refractivity contribution in [1.29, 1.82) is 0 Å². The Balaban J connectivity index is 4.15. The second-order valence-corrected chi connectivity index (χ2v) is 9.61. The molecule has 0 spiro atoms. The van der Waals surface area contributed by atoms with Crippen LogP contribution in [0.25, 0.3) is 0 Å². The average molecular weight is 396 g/mol. The van der Waals surface area contributed by atoms with E-state index in [1.807, 2.05) is 6.26 Å². The Bertz CT molecular complexity index is 440. The van der Waals surface area contributed by atoms with Crippen LogP contribution in [0, 0.1) is 0 Å². The van der Waals surface area contributed by atoms with E-state index in [4.69, 9.17) is 0 Å². The molecule has 0 aliphatic rings. The zero-order chi connectivity index (χ0) is 19.1. The Morgan fingerprint density at radius 1 is 1.00 bits per heavy atom. The molecule has 0 aromatic carbocycles. The molecule has 5 nitrogen and oxygen atoms in total. The van der Waals surface area contributed by atoms with Gasteiger partial charge in [0.15, 0.2) is 0 Å². The van der Waals surface area contributed by atoms with Gasteiger partial charge in [-0.25, -0.2) is 8.42 Å². The number of carboxylic acids is 1. The lowest BCUT2D eigenvalue weighted by Crippen LogP contribution is -2.45. The van der Waals surface area contributed by atoms with E-state index in [9.17, 15) is 18.3 Å². The Kier molecular flexibility index (Phi) is 14.7. The molecule has 0 fully saturated rings. The van der Waals surface area contributed by atoms with Gasteiger partial charge in [-0.1, -0.05) is 64.7 Å². The molecule has 0 saturated heterocycles. The van der Waals surface area contributed by atoms with Gasteiger partial charge < -0.3 is 5.11 Å². The average Bonchev–Trinajstić information content (AvgIpc) is 2.53. The number of hydrogen-bond acceptors (Lipinski definition) is 4. The predicted molar refractivity (Wildman–Crippen MR) is 108 cm³/mol. The first kappa shape index (κ1) is 24.7. The highest BCUT2D eigenvalue weighted by Crippen LogP contribution is 2.16. The number of nitrogens with zero attached hydrogens (tertiary/aromatic N) is 1. The van der Waals surface area contributed by atoms with Gasteiger partial charge in [-0.05, 0) is 24.9 Å². The van der Waals surface area contributed by atoms with Crippen LogP contribution >= 0.6 is 11.8 Å². The SMILES string of the molecule is CCCCCCCCCCCCN([C@H](CCSC)C(=O)O)S(C)(=O)=O. The largest absolute Gasteiger partial charge is 0.480 e. The van der Waals surface area contributed by atoms with Gasteiger partial charge in [-0.2, -0.15) is 16.1 Å². The van der Waals surface area contributed by atoms with E-state index in [0.29, 0.717) is 18.7 Å². The van der Waals surface area contributed by atoms with Crippen molar-refractivity contribution in [2.75, 3.05) is 24.8 Å². The second kappa shape index (κ2) is 14.9. The molecule has 0 bridgehead atoms. The van der Waals surface area contributed by atoms with Crippen LogP contribution < -0.4 is 0 Å². The summed E-state index contributed by atoms with van der Waals surface area (Å²) >= 11 is 1.53. The standard InChI is InChI=1S/C18H37NO4S2/c1-4-5-6-7-8-9-10-11-12-13-15-19(25(3,22)23)17(18(20)21)14-16-24-2/h17H,4-16H2,1-3H3,(H,20,21)/t17-/m1/s1. The van der Waals surface area contributed by atoms with Gasteiger partial charge in [0, 0.05) is 6.54 Å². The minimum atomic E-state index is -3.51. The number of carbonyl (C=O) groups is 1. The predicted octanol–water partition coefficient (Wildman–Crippen LogP) is 4.38. The van der Waals surface area contributed by atoms with Crippen LogP contribution in [0.2, 0.25) is 0 Å². The molecule has 25 heavy (non-hydrogen) atoms. The molecular formula is C18H37NO4S2. The van der Waals surface area contributed by atoms with Gasteiger partial charge in [0.1, 0.15) is 6.04 Å². The molecule has 0 saturated carbocycles. The van der Waals surface area contributed by atoms with Crippen molar-refractivity contribution < 1.29 is 18.3 Å². The van der Waals surface area contributed by atoms with E-state index in [1.54, 1.807) is 0 Å². The number of unbranched alkanes of at least 4 members (excludes halogenated alkanes) is 9. The first-order valence-corrected chi connectivity index (χ1v) is 12.8. The Hall–Kier alpha value is -0.270. The first-order chi connectivity index (χ1) is 11.8. The molecular weight excluding hydrogens is 358 g/mol. The van der Waals surface area contributed by atoms with Gasteiger partial charge in [0.25, 0.3) is 0 Å². The van der Waals surface area contributed by atoms with Crippen molar-refractivity contribution in [2.24, 2.45) is 0 Å². The topological polar surface area (TPSA) is 74.7 Å². The molecule has 0 aromatic heterocycles. The van der Waals surface area contributed by atoms with Crippen LogP contribution in [0.1, 0.15) is 77.6 Å². The summed E-state index contributed by atoms with van der Waals surface area (Å²) in [6.45, 7) is 2.52.